The molecule has 0 amide bonds. The molecule has 1 N–H and O–H groups in total. The Morgan fingerprint density at radius 1 is 1.08 bits per heavy atom. The van der Waals surface area contributed by atoms with Crippen molar-refractivity contribution in [3.63, 3.8) is 0 Å². The summed E-state index contributed by atoms with van der Waals surface area (Å²) >= 11 is 0. The lowest BCUT2D eigenvalue weighted by Gasteiger charge is -2.39. The number of imidazole rings is 1. The number of H-pyrrole nitrogens is 1. The number of hydrogen-bond acceptors (Lipinski definition) is 3. The summed E-state index contributed by atoms with van der Waals surface area (Å²) < 4.78 is 0. The number of benzene rings is 2. The van der Waals surface area contributed by atoms with E-state index in [1.807, 2.05) is 0 Å². The van der Waals surface area contributed by atoms with Gasteiger partial charge in [-0.15, -0.1) is 0 Å². The van der Waals surface area contributed by atoms with E-state index in [0.29, 0.717) is 6.04 Å². The fraction of sp³-hybridized carbons (Fsp3) is 0.381. The van der Waals surface area contributed by atoms with E-state index in [9.17, 15) is 0 Å². The van der Waals surface area contributed by atoms with Gasteiger partial charge in [-0.3, -0.25) is 9.80 Å². The third-order valence-electron chi connectivity index (χ3n) is 5.52. The molecule has 2 heterocycles. The maximum atomic E-state index is 4.87. The molecule has 4 rings (SSSR count). The fourth-order valence-electron chi connectivity index (χ4n) is 3.76. The van der Waals surface area contributed by atoms with E-state index in [-0.39, 0.29) is 0 Å². The Balaban J connectivity index is 1.54. The minimum atomic E-state index is 0.448. The van der Waals surface area contributed by atoms with Crippen LogP contribution in [0.5, 0.6) is 0 Å². The molecule has 1 saturated heterocycles. The molecule has 0 bridgehead atoms. The van der Waals surface area contributed by atoms with Crippen LogP contribution in [-0.4, -0.2) is 46.4 Å². The number of aromatic nitrogens is 2. The van der Waals surface area contributed by atoms with Crippen LogP contribution in [0.2, 0.25) is 0 Å². The molecule has 0 spiro atoms. The third-order valence-corrected chi connectivity index (χ3v) is 5.52. The molecule has 0 unspecified atom stereocenters. The maximum Gasteiger partial charge on any atom is 0.121 e. The zero-order chi connectivity index (χ0) is 17.4. The maximum absolute atomic E-state index is 4.87. The number of piperazine rings is 1. The topological polar surface area (TPSA) is 35.2 Å². The predicted octanol–water partition coefficient (Wildman–Crippen LogP) is 3.67. The second-order valence-corrected chi connectivity index (χ2v) is 7.23. The van der Waals surface area contributed by atoms with Gasteiger partial charge in [0.2, 0.25) is 0 Å². The summed E-state index contributed by atoms with van der Waals surface area (Å²) in [5.74, 6) is 1.07. The standard InChI is InChI=1S/C21H26N4/c1-15-9-10-18-21(16(15)2)23-20(22-18)14-25-12-11-24(3)19(13-25)17-7-5-4-6-8-17/h4-10,19H,11-14H2,1-3H3,(H,22,23)/t19-/m0/s1. The van der Waals surface area contributed by atoms with E-state index in [1.165, 1.54) is 16.7 Å². The van der Waals surface area contributed by atoms with Gasteiger partial charge in [-0.1, -0.05) is 36.4 Å². The van der Waals surface area contributed by atoms with Crippen molar-refractivity contribution >= 4 is 11.0 Å². The van der Waals surface area contributed by atoms with Gasteiger partial charge in [-0.05, 0) is 43.7 Å². The van der Waals surface area contributed by atoms with Crippen LogP contribution in [0.4, 0.5) is 0 Å². The van der Waals surface area contributed by atoms with Gasteiger partial charge >= 0.3 is 0 Å². The van der Waals surface area contributed by atoms with Gasteiger partial charge in [0.1, 0.15) is 5.82 Å². The van der Waals surface area contributed by atoms with Crippen molar-refractivity contribution in [2.45, 2.75) is 26.4 Å². The molecule has 2 aromatic carbocycles. The number of aromatic amines is 1. The lowest BCUT2D eigenvalue weighted by atomic mass is 10.0. The largest absolute Gasteiger partial charge is 0.341 e. The van der Waals surface area contributed by atoms with E-state index in [1.54, 1.807) is 0 Å². The minimum absolute atomic E-state index is 0.448. The molecule has 1 atom stereocenters. The zero-order valence-corrected chi connectivity index (χ0v) is 15.3. The van der Waals surface area contributed by atoms with Gasteiger partial charge in [0.15, 0.2) is 0 Å². The third kappa shape index (κ3) is 3.20. The SMILES string of the molecule is Cc1ccc2[nH]c(CN3CCN(C)[C@H](c4ccccc4)C3)nc2c1C. The Kier molecular flexibility index (Phi) is 4.32. The van der Waals surface area contributed by atoms with Crippen LogP contribution in [0.1, 0.15) is 28.6 Å². The lowest BCUT2D eigenvalue weighted by Crippen LogP contribution is -2.46. The molecule has 25 heavy (non-hydrogen) atoms. The van der Waals surface area contributed by atoms with Crippen LogP contribution in [-0.2, 0) is 6.54 Å². The lowest BCUT2D eigenvalue weighted by molar-refractivity contribution is 0.0889. The Hall–Kier alpha value is -2.17. The minimum Gasteiger partial charge on any atom is -0.341 e. The van der Waals surface area contributed by atoms with Crippen molar-refractivity contribution < 1.29 is 0 Å². The monoisotopic (exact) mass is 334 g/mol. The molecule has 130 valence electrons. The van der Waals surface area contributed by atoms with Crippen molar-refractivity contribution in [1.29, 1.82) is 0 Å². The van der Waals surface area contributed by atoms with E-state index in [4.69, 9.17) is 4.98 Å². The van der Waals surface area contributed by atoms with Crippen LogP contribution < -0.4 is 0 Å². The molecule has 1 aliphatic rings. The Bertz CT molecular complexity index is 868. The van der Waals surface area contributed by atoms with E-state index < -0.39 is 0 Å². The number of nitrogens with one attached hydrogen (secondary N) is 1. The van der Waals surface area contributed by atoms with Gasteiger partial charge in [0, 0.05) is 25.7 Å². The van der Waals surface area contributed by atoms with Crippen LogP contribution in [0, 0.1) is 13.8 Å². The molecule has 1 aromatic heterocycles. The summed E-state index contributed by atoms with van der Waals surface area (Å²) in [6.45, 7) is 8.38. The van der Waals surface area contributed by atoms with Crippen molar-refractivity contribution in [2.75, 3.05) is 26.7 Å². The van der Waals surface area contributed by atoms with Crippen molar-refractivity contribution in [3.05, 3.63) is 65.0 Å². The molecule has 1 fully saturated rings. The molecular weight excluding hydrogens is 308 g/mol. The Labute approximate surface area is 149 Å². The van der Waals surface area contributed by atoms with Gasteiger partial charge in [-0.25, -0.2) is 4.98 Å². The summed E-state index contributed by atoms with van der Waals surface area (Å²) in [5, 5.41) is 0. The fourth-order valence-corrected chi connectivity index (χ4v) is 3.76. The molecule has 4 nitrogen and oxygen atoms in total. The summed E-state index contributed by atoms with van der Waals surface area (Å²) in [5.41, 5.74) is 6.23. The highest BCUT2D eigenvalue weighted by molar-refractivity contribution is 5.79. The van der Waals surface area contributed by atoms with Gasteiger partial charge in [0.05, 0.1) is 17.6 Å². The van der Waals surface area contributed by atoms with Crippen molar-refractivity contribution in [1.82, 2.24) is 19.8 Å². The van der Waals surface area contributed by atoms with Crippen molar-refractivity contribution in [3.8, 4) is 0 Å². The number of hydrogen-bond donors (Lipinski definition) is 1. The number of likely N-dealkylation sites (N-methyl/N-ethyl adjacent to an activating group) is 1. The Morgan fingerprint density at radius 3 is 2.68 bits per heavy atom. The van der Waals surface area contributed by atoms with Gasteiger partial charge in [-0.2, -0.15) is 0 Å². The first-order valence-corrected chi connectivity index (χ1v) is 9.04. The van der Waals surface area contributed by atoms with E-state index >= 15 is 0 Å². The van der Waals surface area contributed by atoms with Gasteiger partial charge in [0.25, 0.3) is 0 Å². The van der Waals surface area contributed by atoms with E-state index in [0.717, 1.165) is 43.0 Å². The first-order chi connectivity index (χ1) is 12.1. The normalized spacial score (nSPS) is 19.6. The summed E-state index contributed by atoms with van der Waals surface area (Å²) in [6, 6.07) is 15.6. The quantitative estimate of drug-likeness (QED) is 0.794. The first-order valence-electron chi connectivity index (χ1n) is 9.04. The van der Waals surface area contributed by atoms with Gasteiger partial charge < -0.3 is 4.98 Å². The summed E-state index contributed by atoms with van der Waals surface area (Å²) in [4.78, 5) is 13.4. The number of rotatable bonds is 3. The molecule has 0 aliphatic carbocycles. The van der Waals surface area contributed by atoms with Crippen LogP contribution in [0.15, 0.2) is 42.5 Å². The van der Waals surface area contributed by atoms with Crippen LogP contribution in [0.25, 0.3) is 11.0 Å². The average Bonchev–Trinajstić information content (AvgIpc) is 3.04. The van der Waals surface area contributed by atoms with Crippen LogP contribution in [0.3, 0.4) is 0 Å². The second-order valence-electron chi connectivity index (χ2n) is 7.23. The highest BCUT2D eigenvalue weighted by atomic mass is 15.3. The molecule has 1 aliphatic heterocycles. The number of fused-ring (bicyclic) bond motifs is 1. The second kappa shape index (κ2) is 6.62. The van der Waals surface area contributed by atoms with Crippen molar-refractivity contribution in [2.24, 2.45) is 0 Å². The molecule has 0 radical (unpaired) electrons. The number of nitrogens with zero attached hydrogens (tertiary/aromatic N) is 3. The summed E-state index contributed by atoms with van der Waals surface area (Å²) in [6.07, 6.45) is 0. The van der Waals surface area contributed by atoms with Crippen LogP contribution >= 0.6 is 0 Å². The molecular formula is C21H26N4. The zero-order valence-electron chi connectivity index (χ0n) is 15.3. The number of aryl methyl sites for hydroxylation is 2. The highest BCUT2D eigenvalue weighted by Crippen LogP contribution is 2.25. The Morgan fingerprint density at radius 2 is 1.88 bits per heavy atom. The first kappa shape index (κ1) is 16.3. The molecule has 3 aromatic rings. The van der Waals surface area contributed by atoms with E-state index in [2.05, 4.69) is 78.1 Å². The predicted molar refractivity (Wildman–Crippen MR) is 103 cm³/mol. The highest BCUT2D eigenvalue weighted by Gasteiger charge is 2.26. The summed E-state index contributed by atoms with van der Waals surface area (Å²) in [7, 11) is 2.22. The average molecular weight is 334 g/mol. The smallest absolute Gasteiger partial charge is 0.121 e. The molecule has 0 saturated carbocycles. The molecule has 4 heteroatoms.